The Balaban J connectivity index is 2.06. The van der Waals surface area contributed by atoms with Crippen LogP contribution in [-0.2, 0) is 19.4 Å². The van der Waals surface area contributed by atoms with E-state index >= 15 is 0 Å². The molecule has 2 aromatic rings. The molecular weight excluding hydrogens is 316 g/mol. The minimum Gasteiger partial charge on any atom is -0.361 e. The van der Waals surface area contributed by atoms with Crippen LogP contribution in [0.5, 0.6) is 0 Å². The lowest BCUT2D eigenvalue weighted by atomic mass is 9.97. The van der Waals surface area contributed by atoms with Crippen LogP contribution in [0, 0.1) is 12.8 Å². The number of amides is 2. The molecule has 0 radical (unpaired) electrons. The van der Waals surface area contributed by atoms with E-state index in [4.69, 9.17) is 4.52 Å². The molecule has 136 valence electrons. The van der Waals surface area contributed by atoms with Crippen molar-refractivity contribution in [1.29, 1.82) is 0 Å². The molecular formula is C19H28N4O2. The van der Waals surface area contributed by atoms with Crippen molar-refractivity contribution in [2.45, 2.75) is 60.0 Å². The minimum absolute atomic E-state index is 0.139. The zero-order valence-electron chi connectivity index (χ0n) is 15.7. The van der Waals surface area contributed by atoms with E-state index in [1.807, 2.05) is 32.9 Å². The van der Waals surface area contributed by atoms with Gasteiger partial charge in [0.05, 0.1) is 17.4 Å². The molecule has 0 bridgehead atoms. The maximum absolute atomic E-state index is 12.4. The summed E-state index contributed by atoms with van der Waals surface area (Å²) in [7, 11) is 0. The Bertz CT molecular complexity index is 688. The fourth-order valence-corrected chi connectivity index (χ4v) is 2.87. The molecule has 6 nitrogen and oxygen atoms in total. The number of nitrogens with zero attached hydrogens (tertiary/aromatic N) is 2. The number of aryl methyl sites for hydroxylation is 3. The van der Waals surface area contributed by atoms with E-state index in [1.165, 1.54) is 0 Å². The molecule has 2 heterocycles. The van der Waals surface area contributed by atoms with Crippen molar-refractivity contribution in [3.8, 4) is 0 Å². The SMILES string of the molecule is CCc1noc(CC)c1CNC(=O)NC(c1ncccc1C)C(C)C. The second-order valence-corrected chi connectivity index (χ2v) is 6.49. The number of hydrogen-bond acceptors (Lipinski definition) is 4. The van der Waals surface area contributed by atoms with Crippen molar-refractivity contribution in [3.05, 3.63) is 46.6 Å². The fraction of sp³-hybridized carbons (Fsp3) is 0.526. The number of aromatic nitrogens is 2. The maximum atomic E-state index is 12.4. The molecule has 0 aliphatic heterocycles. The van der Waals surface area contributed by atoms with Gasteiger partial charge in [0.15, 0.2) is 0 Å². The third-order valence-corrected chi connectivity index (χ3v) is 4.33. The fourth-order valence-electron chi connectivity index (χ4n) is 2.87. The summed E-state index contributed by atoms with van der Waals surface area (Å²) in [5.74, 6) is 1.06. The Morgan fingerprint density at radius 2 is 2.04 bits per heavy atom. The lowest BCUT2D eigenvalue weighted by Gasteiger charge is -2.23. The minimum atomic E-state index is -0.214. The van der Waals surface area contributed by atoms with Crippen LogP contribution in [0.3, 0.4) is 0 Å². The van der Waals surface area contributed by atoms with Crippen molar-refractivity contribution in [1.82, 2.24) is 20.8 Å². The normalized spacial score (nSPS) is 12.2. The number of rotatable bonds is 7. The number of hydrogen-bond donors (Lipinski definition) is 2. The Morgan fingerprint density at radius 1 is 1.28 bits per heavy atom. The molecule has 2 aromatic heterocycles. The number of nitrogens with one attached hydrogen (secondary N) is 2. The second-order valence-electron chi connectivity index (χ2n) is 6.49. The highest BCUT2D eigenvalue weighted by atomic mass is 16.5. The first-order valence-corrected chi connectivity index (χ1v) is 8.90. The third-order valence-electron chi connectivity index (χ3n) is 4.33. The van der Waals surface area contributed by atoms with Gasteiger partial charge in [-0.05, 0) is 30.9 Å². The van der Waals surface area contributed by atoms with Gasteiger partial charge in [-0.25, -0.2) is 4.79 Å². The maximum Gasteiger partial charge on any atom is 0.315 e. The summed E-state index contributed by atoms with van der Waals surface area (Å²) >= 11 is 0. The lowest BCUT2D eigenvalue weighted by Crippen LogP contribution is -2.40. The number of carbonyl (C=O) groups is 1. The van der Waals surface area contributed by atoms with Crippen LogP contribution in [-0.4, -0.2) is 16.2 Å². The van der Waals surface area contributed by atoms with Gasteiger partial charge in [-0.15, -0.1) is 0 Å². The summed E-state index contributed by atoms with van der Waals surface area (Å²) in [6, 6.07) is 3.56. The molecule has 1 atom stereocenters. The highest BCUT2D eigenvalue weighted by Gasteiger charge is 2.22. The van der Waals surface area contributed by atoms with Crippen LogP contribution >= 0.6 is 0 Å². The monoisotopic (exact) mass is 344 g/mol. The average Bonchev–Trinajstić information content (AvgIpc) is 3.00. The number of urea groups is 1. The molecule has 0 aromatic carbocycles. The largest absolute Gasteiger partial charge is 0.361 e. The molecule has 6 heteroatoms. The van der Waals surface area contributed by atoms with Gasteiger partial charge in [0, 0.05) is 24.7 Å². The van der Waals surface area contributed by atoms with E-state index in [9.17, 15) is 4.79 Å². The molecule has 0 aliphatic carbocycles. The first-order valence-electron chi connectivity index (χ1n) is 8.90. The van der Waals surface area contributed by atoms with Crippen molar-refractivity contribution < 1.29 is 9.32 Å². The summed E-state index contributed by atoms with van der Waals surface area (Å²) in [4.78, 5) is 16.9. The Kier molecular flexibility index (Phi) is 6.56. The second kappa shape index (κ2) is 8.65. The Labute approximate surface area is 149 Å². The van der Waals surface area contributed by atoms with Crippen LogP contribution in [0.25, 0.3) is 0 Å². The van der Waals surface area contributed by atoms with Gasteiger partial charge in [-0.3, -0.25) is 4.98 Å². The summed E-state index contributed by atoms with van der Waals surface area (Å²) in [5, 5.41) is 10.1. The van der Waals surface area contributed by atoms with Gasteiger partial charge in [0.2, 0.25) is 0 Å². The van der Waals surface area contributed by atoms with Crippen LogP contribution in [0.1, 0.15) is 62.0 Å². The summed E-state index contributed by atoms with van der Waals surface area (Å²) in [5.41, 5.74) is 3.86. The molecule has 0 aliphatic rings. The van der Waals surface area contributed by atoms with E-state index in [1.54, 1.807) is 6.20 Å². The highest BCUT2D eigenvalue weighted by molar-refractivity contribution is 5.74. The smallest absolute Gasteiger partial charge is 0.315 e. The van der Waals surface area contributed by atoms with Crippen molar-refractivity contribution >= 4 is 6.03 Å². The average molecular weight is 344 g/mol. The molecule has 2 amide bonds. The lowest BCUT2D eigenvalue weighted by molar-refractivity contribution is 0.232. The van der Waals surface area contributed by atoms with E-state index < -0.39 is 0 Å². The summed E-state index contributed by atoms with van der Waals surface area (Å²) in [6.45, 7) is 10.6. The number of carbonyl (C=O) groups excluding carboxylic acids is 1. The van der Waals surface area contributed by atoms with E-state index in [0.29, 0.717) is 6.54 Å². The molecule has 0 spiro atoms. The predicted molar refractivity (Wildman–Crippen MR) is 97.2 cm³/mol. The standard InChI is InChI=1S/C19H28N4O2/c1-6-15-14(16(7-2)25-23-15)11-21-19(24)22-17(12(3)4)18-13(5)9-8-10-20-18/h8-10,12,17H,6-7,11H2,1-5H3,(H2,21,22,24). The topological polar surface area (TPSA) is 80.0 Å². The molecule has 0 saturated carbocycles. The van der Waals surface area contributed by atoms with Gasteiger partial charge in [0.25, 0.3) is 0 Å². The van der Waals surface area contributed by atoms with Gasteiger partial charge >= 0.3 is 6.03 Å². The van der Waals surface area contributed by atoms with E-state index in [2.05, 4.69) is 34.6 Å². The van der Waals surface area contributed by atoms with Crippen LogP contribution in [0.15, 0.2) is 22.9 Å². The van der Waals surface area contributed by atoms with Crippen molar-refractivity contribution in [2.75, 3.05) is 0 Å². The third kappa shape index (κ3) is 4.59. The van der Waals surface area contributed by atoms with Crippen LogP contribution in [0.4, 0.5) is 4.79 Å². The van der Waals surface area contributed by atoms with E-state index in [0.717, 1.165) is 41.1 Å². The molecule has 0 fully saturated rings. The van der Waals surface area contributed by atoms with E-state index in [-0.39, 0.29) is 18.0 Å². The molecule has 1 unspecified atom stereocenters. The van der Waals surface area contributed by atoms with Gasteiger partial charge < -0.3 is 15.2 Å². The molecule has 0 saturated heterocycles. The molecule has 25 heavy (non-hydrogen) atoms. The quantitative estimate of drug-likeness (QED) is 0.802. The van der Waals surface area contributed by atoms with Crippen molar-refractivity contribution in [2.24, 2.45) is 5.92 Å². The van der Waals surface area contributed by atoms with Gasteiger partial charge in [0.1, 0.15) is 5.76 Å². The predicted octanol–water partition coefficient (Wildman–Crippen LogP) is 3.70. The zero-order valence-corrected chi connectivity index (χ0v) is 15.7. The van der Waals surface area contributed by atoms with Gasteiger partial charge in [-0.1, -0.05) is 38.9 Å². The summed E-state index contributed by atoms with van der Waals surface area (Å²) in [6.07, 6.45) is 3.30. The van der Waals surface area contributed by atoms with Crippen LogP contribution in [0.2, 0.25) is 0 Å². The zero-order chi connectivity index (χ0) is 18.4. The Hall–Kier alpha value is -2.37. The Morgan fingerprint density at radius 3 is 2.64 bits per heavy atom. The summed E-state index contributed by atoms with van der Waals surface area (Å²) < 4.78 is 5.34. The first kappa shape index (κ1) is 19.0. The molecule has 2 N–H and O–H groups in total. The van der Waals surface area contributed by atoms with Crippen LogP contribution < -0.4 is 10.6 Å². The molecule has 2 rings (SSSR count). The highest BCUT2D eigenvalue weighted by Crippen LogP contribution is 2.22. The number of pyridine rings is 1. The first-order chi connectivity index (χ1) is 12.0. The van der Waals surface area contributed by atoms with Gasteiger partial charge in [-0.2, -0.15) is 0 Å². The van der Waals surface area contributed by atoms with Crippen molar-refractivity contribution in [3.63, 3.8) is 0 Å².